The smallest absolute Gasteiger partial charge is 0.108 e. The molecule has 2 rings (SSSR count). The topological polar surface area (TPSA) is 17.8 Å². The molecule has 0 bridgehead atoms. The Morgan fingerprint density at radius 2 is 1.19 bits per heavy atom. The molecule has 2 nitrogen and oxygen atoms in total. The summed E-state index contributed by atoms with van der Waals surface area (Å²) in [4.78, 5) is 5.02. The van der Waals surface area contributed by atoms with Crippen LogP contribution in [0.2, 0.25) is 0 Å². The molecule has 0 N–H and O–H groups in total. The average Bonchev–Trinajstić information content (AvgIpc) is 3.19. The molecule has 0 aliphatic rings. The molecule has 0 aliphatic heterocycles. The highest BCUT2D eigenvalue weighted by Gasteiger charge is 2.08. The van der Waals surface area contributed by atoms with E-state index < -0.39 is 0 Å². The Hall–Kier alpha value is -1.57. The van der Waals surface area contributed by atoms with Gasteiger partial charge in [-0.3, -0.25) is 0 Å². The van der Waals surface area contributed by atoms with Crippen LogP contribution in [-0.2, 0) is 25.8 Å². The van der Waals surface area contributed by atoms with E-state index in [0.29, 0.717) is 0 Å². The van der Waals surface area contributed by atoms with Gasteiger partial charge in [-0.25, -0.2) is 4.98 Å². The quantitative estimate of drug-likeness (QED) is 0.188. The number of hydrogen-bond acceptors (Lipinski definition) is 1. The lowest BCUT2D eigenvalue weighted by atomic mass is 10.0. The fourth-order valence-electron chi connectivity index (χ4n) is 4.69. The molecule has 32 heavy (non-hydrogen) atoms. The van der Waals surface area contributed by atoms with Crippen LogP contribution in [0.25, 0.3) is 0 Å². The normalized spacial score (nSPS) is 11.3. The van der Waals surface area contributed by atoms with Crippen molar-refractivity contribution < 1.29 is 0 Å². The number of hydrogen-bond donors (Lipinski definition) is 0. The third-order valence-corrected chi connectivity index (χ3v) is 6.62. The van der Waals surface area contributed by atoms with Crippen molar-refractivity contribution in [2.45, 2.75) is 136 Å². The molecule has 1 heterocycles. The van der Waals surface area contributed by atoms with E-state index in [4.69, 9.17) is 4.98 Å². The Morgan fingerprint density at radius 3 is 1.78 bits per heavy atom. The minimum Gasteiger partial charge on any atom is -0.335 e. The van der Waals surface area contributed by atoms with Gasteiger partial charge < -0.3 is 4.57 Å². The highest BCUT2D eigenvalue weighted by Crippen LogP contribution is 2.15. The Labute approximate surface area is 199 Å². The average molecular weight is 439 g/mol. The van der Waals surface area contributed by atoms with Crippen molar-refractivity contribution in [2.24, 2.45) is 0 Å². The Bertz CT molecular complexity index is 673. The number of aromatic nitrogens is 2. The van der Waals surface area contributed by atoms with Gasteiger partial charge in [0.25, 0.3) is 0 Å². The van der Waals surface area contributed by atoms with Crippen LogP contribution in [-0.4, -0.2) is 9.55 Å². The number of nitrogens with zero attached hydrogens (tertiary/aromatic N) is 2. The molecule has 0 amide bonds. The maximum absolute atomic E-state index is 5.02. The van der Waals surface area contributed by atoms with Crippen molar-refractivity contribution in [2.75, 3.05) is 0 Å². The number of aryl methyl sites for hydroxylation is 4. The number of imidazole rings is 1. The van der Waals surface area contributed by atoms with Crippen LogP contribution in [0.5, 0.6) is 0 Å². The van der Waals surface area contributed by atoms with Gasteiger partial charge in [0.2, 0.25) is 0 Å². The van der Waals surface area contributed by atoms with Gasteiger partial charge in [-0.05, 0) is 37.7 Å². The molecule has 180 valence electrons. The maximum atomic E-state index is 5.02. The molecular formula is C30H50N2. The maximum Gasteiger partial charge on any atom is 0.108 e. The zero-order chi connectivity index (χ0) is 22.7. The summed E-state index contributed by atoms with van der Waals surface area (Å²) in [5.41, 5.74) is 2.73. The van der Waals surface area contributed by atoms with Crippen LogP contribution in [0.3, 0.4) is 0 Å². The number of benzene rings is 1. The Balaban J connectivity index is 1.55. The molecule has 0 unspecified atom stereocenters. The van der Waals surface area contributed by atoms with Crippen molar-refractivity contribution in [3.05, 3.63) is 53.6 Å². The standard InChI is InChI=1S/C30H50N2/c1-3-5-6-7-8-9-10-11-12-13-14-15-19-25-30-31-29(27-32(30)26-4-2)24-20-23-28-21-17-16-18-22-28/h16-18,21-22,27H,3-15,19-20,23-26H2,1-2H3. The second-order valence-corrected chi connectivity index (χ2v) is 9.67. The molecule has 1 aromatic heterocycles. The molecule has 1 aromatic carbocycles. The Kier molecular flexibility index (Phi) is 14.9. The molecule has 2 aromatic rings. The molecule has 0 spiro atoms. The van der Waals surface area contributed by atoms with E-state index >= 15 is 0 Å². The first-order valence-corrected chi connectivity index (χ1v) is 13.9. The highest BCUT2D eigenvalue weighted by atomic mass is 15.1. The van der Waals surface area contributed by atoms with Gasteiger partial charge in [-0.2, -0.15) is 0 Å². The van der Waals surface area contributed by atoms with E-state index in [0.717, 1.165) is 25.8 Å². The summed E-state index contributed by atoms with van der Waals surface area (Å²) in [6.07, 6.45) is 26.5. The van der Waals surface area contributed by atoms with Gasteiger partial charge in [-0.15, -0.1) is 0 Å². The third kappa shape index (κ3) is 11.9. The summed E-state index contributed by atoms with van der Waals surface area (Å²) in [6.45, 7) is 5.67. The van der Waals surface area contributed by atoms with Gasteiger partial charge in [0.05, 0.1) is 5.69 Å². The van der Waals surface area contributed by atoms with Crippen LogP contribution >= 0.6 is 0 Å². The van der Waals surface area contributed by atoms with Crippen molar-refractivity contribution in [3.63, 3.8) is 0 Å². The zero-order valence-electron chi connectivity index (χ0n) is 21.3. The highest BCUT2D eigenvalue weighted by molar-refractivity contribution is 5.15. The van der Waals surface area contributed by atoms with E-state index in [9.17, 15) is 0 Å². The van der Waals surface area contributed by atoms with Gasteiger partial charge in [0, 0.05) is 19.2 Å². The van der Waals surface area contributed by atoms with Gasteiger partial charge in [0.1, 0.15) is 5.82 Å². The predicted molar refractivity (Wildman–Crippen MR) is 140 cm³/mol. The summed E-state index contributed by atoms with van der Waals surface area (Å²) in [6, 6.07) is 10.8. The number of rotatable bonds is 20. The second-order valence-electron chi connectivity index (χ2n) is 9.67. The van der Waals surface area contributed by atoms with Crippen molar-refractivity contribution in [1.82, 2.24) is 9.55 Å². The largest absolute Gasteiger partial charge is 0.335 e. The molecule has 0 radical (unpaired) electrons. The molecule has 0 aliphatic carbocycles. The van der Waals surface area contributed by atoms with Gasteiger partial charge in [-0.1, -0.05) is 121 Å². The summed E-state index contributed by atoms with van der Waals surface area (Å²) in [5, 5.41) is 0. The van der Waals surface area contributed by atoms with Gasteiger partial charge in [0.15, 0.2) is 0 Å². The summed E-state index contributed by atoms with van der Waals surface area (Å²) in [5.74, 6) is 1.32. The fraction of sp³-hybridized carbons (Fsp3) is 0.700. The van der Waals surface area contributed by atoms with Crippen LogP contribution in [0.15, 0.2) is 36.5 Å². The lowest BCUT2D eigenvalue weighted by Crippen LogP contribution is -2.02. The molecule has 0 fully saturated rings. The molecule has 0 saturated heterocycles. The van der Waals surface area contributed by atoms with Crippen LogP contribution in [0.4, 0.5) is 0 Å². The lowest BCUT2D eigenvalue weighted by Gasteiger charge is -2.06. The number of unbranched alkanes of at least 4 members (excludes halogenated alkanes) is 12. The molecular weight excluding hydrogens is 388 g/mol. The summed E-state index contributed by atoms with van der Waals surface area (Å²) < 4.78 is 2.43. The monoisotopic (exact) mass is 438 g/mol. The van der Waals surface area contributed by atoms with E-state index in [1.54, 1.807) is 0 Å². The Morgan fingerprint density at radius 1 is 0.594 bits per heavy atom. The van der Waals surface area contributed by atoms with Crippen LogP contribution in [0.1, 0.15) is 127 Å². The lowest BCUT2D eigenvalue weighted by molar-refractivity contribution is 0.535. The molecule has 0 saturated carbocycles. The van der Waals surface area contributed by atoms with Crippen molar-refractivity contribution in [3.8, 4) is 0 Å². The molecule has 0 atom stereocenters. The van der Waals surface area contributed by atoms with Crippen molar-refractivity contribution in [1.29, 1.82) is 0 Å². The van der Waals surface area contributed by atoms with E-state index in [1.165, 1.54) is 113 Å². The third-order valence-electron chi connectivity index (χ3n) is 6.62. The minimum atomic E-state index is 1.09. The van der Waals surface area contributed by atoms with E-state index in [2.05, 4.69) is 54.9 Å². The predicted octanol–water partition coefficient (Wildman–Crippen LogP) is 9.10. The van der Waals surface area contributed by atoms with Crippen LogP contribution < -0.4 is 0 Å². The summed E-state index contributed by atoms with van der Waals surface area (Å²) >= 11 is 0. The van der Waals surface area contributed by atoms with E-state index in [-0.39, 0.29) is 0 Å². The van der Waals surface area contributed by atoms with Gasteiger partial charge >= 0.3 is 0 Å². The second kappa shape index (κ2) is 17.9. The first-order chi connectivity index (χ1) is 15.8. The molecule has 2 heteroatoms. The zero-order valence-corrected chi connectivity index (χ0v) is 21.3. The first kappa shape index (κ1) is 26.7. The van der Waals surface area contributed by atoms with Crippen LogP contribution in [0, 0.1) is 0 Å². The van der Waals surface area contributed by atoms with Crippen molar-refractivity contribution >= 4 is 0 Å². The SMILES string of the molecule is CCCCCCCCCCCCCCCc1nc(CCCc2ccccc2)cn1CCC. The fourth-order valence-corrected chi connectivity index (χ4v) is 4.69. The minimum absolute atomic E-state index is 1.09. The first-order valence-electron chi connectivity index (χ1n) is 13.9. The summed E-state index contributed by atoms with van der Waals surface area (Å²) in [7, 11) is 0. The van der Waals surface area contributed by atoms with E-state index in [1.807, 2.05) is 0 Å².